The van der Waals surface area contributed by atoms with Gasteiger partial charge in [0.15, 0.2) is 0 Å². The molecule has 0 saturated heterocycles. The molecule has 19 heavy (non-hydrogen) atoms. The zero-order valence-electron chi connectivity index (χ0n) is 11.4. The van der Waals surface area contributed by atoms with Crippen molar-refractivity contribution in [1.29, 1.82) is 0 Å². The maximum atomic E-state index is 5.91. The Labute approximate surface area is 118 Å². The second kappa shape index (κ2) is 5.47. The number of hydrogen-bond donors (Lipinski definition) is 1. The second-order valence-electron chi connectivity index (χ2n) is 5.34. The van der Waals surface area contributed by atoms with E-state index < -0.39 is 0 Å². The molecule has 2 aromatic heterocycles. The Morgan fingerprint density at radius 3 is 3.00 bits per heavy atom. The average molecular weight is 276 g/mol. The Kier molecular flexibility index (Phi) is 3.71. The topological polar surface area (TPSA) is 38.1 Å². The van der Waals surface area contributed by atoms with E-state index in [0.29, 0.717) is 12.0 Å². The molecule has 3 atom stereocenters. The molecule has 1 fully saturated rings. The van der Waals surface area contributed by atoms with Gasteiger partial charge in [-0.2, -0.15) is 0 Å². The van der Waals surface area contributed by atoms with E-state index in [1.165, 1.54) is 6.42 Å². The van der Waals surface area contributed by atoms with Crippen LogP contribution in [0.4, 0.5) is 0 Å². The molecule has 0 aliphatic heterocycles. The number of nitrogens with zero attached hydrogens (tertiary/aromatic N) is 1. The number of aromatic nitrogens is 1. The van der Waals surface area contributed by atoms with Crippen molar-refractivity contribution in [2.75, 3.05) is 0 Å². The smallest absolute Gasteiger partial charge is 0.117 e. The molecule has 3 unspecified atom stereocenters. The summed E-state index contributed by atoms with van der Waals surface area (Å²) in [5.41, 5.74) is 0. The van der Waals surface area contributed by atoms with Crippen LogP contribution in [0.3, 0.4) is 0 Å². The van der Waals surface area contributed by atoms with Gasteiger partial charge in [0.05, 0.1) is 12.6 Å². The number of thiazole rings is 1. The van der Waals surface area contributed by atoms with Crippen molar-refractivity contribution in [2.24, 2.45) is 5.92 Å². The largest absolute Gasteiger partial charge is 0.464 e. The first-order valence-electron chi connectivity index (χ1n) is 6.99. The summed E-state index contributed by atoms with van der Waals surface area (Å²) in [4.78, 5) is 4.38. The van der Waals surface area contributed by atoms with Crippen LogP contribution in [-0.4, -0.2) is 4.98 Å². The molecular weight excluding hydrogens is 256 g/mol. The summed E-state index contributed by atoms with van der Waals surface area (Å²) < 4.78 is 5.91. The molecule has 2 aromatic rings. The third-order valence-corrected chi connectivity index (χ3v) is 4.73. The molecule has 1 saturated carbocycles. The van der Waals surface area contributed by atoms with Crippen LogP contribution in [0, 0.1) is 5.92 Å². The van der Waals surface area contributed by atoms with Gasteiger partial charge in [0, 0.05) is 17.5 Å². The molecule has 0 aromatic carbocycles. The van der Waals surface area contributed by atoms with E-state index in [1.807, 2.05) is 11.6 Å². The summed E-state index contributed by atoms with van der Waals surface area (Å²) >= 11 is 1.71. The van der Waals surface area contributed by atoms with Crippen molar-refractivity contribution in [1.82, 2.24) is 10.3 Å². The second-order valence-corrected chi connectivity index (χ2v) is 6.26. The molecule has 0 bridgehead atoms. The van der Waals surface area contributed by atoms with Crippen molar-refractivity contribution in [3.63, 3.8) is 0 Å². The highest BCUT2D eigenvalue weighted by Gasteiger charge is 2.36. The normalized spacial score (nSPS) is 23.5. The number of rotatable bonds is 6. The van der Waals surface area contributed by atoms with Gasteiger partial charge in [-0.3, -0.25) is 0 Å². The highest BCUT2D eigenvalue weighted by molar-refractivity contribution is 7.09. The van der Waals surface area contributed by atoms with Crippen molar-refractivity contribution in [3.8, 4) is 0 Å². The lowest BCUT2D eigenvalue weighted by atomic mass is 10.2. The first-order chi connectivity index (χ1) is 9.28. The summed E-state index contributed by atoms with van der Waals surface area (Å²) in [5.74, 6) is 3.65. The maximum absolute atomic E-state index is 5.91. The third kappa shape index (κ3) is 2.90. The highest BCUT2D eigenvalue weighted by atomic mass is 32.1. The van der Waals surface area contributed by atoms with E-state index in [4.69, 9.17) is 4.42 Å². The van der Waals surface area contributed by atoms with Gasteiger partial charge in [0.2, 0.25) is 0 Å². The predicted molar refractivity (Wildman–Crippen MR) is 77.2 cm³/mol. The Hall–Kier alpha value is -1.13. The fourth-order valence-corrected chi connectivity index (χ4v) is 3.24. The lowest BCUT2D eigenvalue weighted by Crippen LogP contribution is -2.19. The Morgan fingerprint density at radius 1 is 1.53 bits per heavy atom. The van der Waals surface area contributed by atoms with Gasteiger partial charge in [0.25, 0.3) is 0 Å². The molecule has 3 rings (SSSR count). The van der Waals surface area contributed by atoms with E-state index in [-0.39, 0.29) is 0 Å². The lowest BCUT2D eigenvalue weighted by Gasteiger charge is -2.13. The summed E-state index contributed by atoms with van der Waals surface area (Å²) in [6.07, 6.45) is 4.18. The van der Waals surface area contributed by atoms with E-state index >= 15 is 0 Å². The van der Waals surface area contributed by atoms with Gasteiger partial charge in [-0.05, 0) is 30.9 Å². The number of nitrogens with one attached hydrogen (secondary N) is 1. The SMILES string of the molecule is CCC(NCc1ccc(C2CC2C)o1)c1nccs1. The van der Waals surface area contributed by atoms with Crippen LogP contribution >= 0.6 is 11.3 Å². The van der Waals surface area contributed by atoms with E-state index in [9.17, 15) is 0 Å². The lowest BCUT2D eigenvalue weighted by molar-refractivity contribution is 0.419. The van der Waals surface area contributed by atoms with Gasteiger partial charge in [-0.15, -0.1) is 11.3 Å². The zero-order chi connectivity index (χ0) is 13.2. The van der Waals surface area contributed by atoms with Crippen LogP contribution in [0.25, 0.3) is 0 Å². The molecule has 0 radical (unpaired) electrons. The molecule has 0 amide bonds. The fraction of sp³-hybridized carbons (Fsp3) is 0.533. The Bertz CT molecular complexity index is 520. The number of furan rings is 1. The first-order valence-corrected chi connectivity index (χ1v) is 7.87. The maximum Gasteiger partial charge on any atom is 0.117 e. The zero-order valence-corrected chi connectivity index (χ0v) is 12.2. The van der Waals surface area contributed by atoms with Gasteiger partial charge in [-0.1, -0.05) is 13.8 Å². The van der Waals surface area contributed by atoms with Crippen molar-refractivity contribution >= 4 is 11.3 Å². The van der Waals surface area contributed by atoms with Gasteiger partial charge < -0.3 is 9.73 Å². The monoisotopic (exact) mass is 276 g/mol. The molecular formula is C15H20N2OS. The highest BCUT2D eigenvalue weighted by Crippen LogP contribution is 2.47. The summed E-state index contributed by atoms with van der Waals surface area (Å²) in [6.45, 7) is 5.23. The minimum absolute atomic E-state index is 0.327. The Balaban J connectivity index is 1.57. The molecule has 1 aliphatic carbocycles. The summed E-state index contributed by atoms with van der Waals surface area (Å²) in [6, 6.07) is 4.56. The molecule has 4 heteroatoms. The van der Waals surface area contributed by atoms with E-state index in [1.54, 1.807) is 11.3 Å². The van der Waals surface area contributed by atoms with Gasteiger partial charge >= 0.3 is 0 Å². The van der Waals surface area contributed by atoms with Crippen LogP contribution in [0.15, 0.2) is 28.1 Å². The van der Waals surface area contributed by atoms with Gasteiger partial charge in [-0.25, -0.2) is 4.98 Å². The average Bonchev–Trinajstić information content (AvgIpc) is 2.90. The van der Waals surface area contributed by atoms with Crippen LogP contribution < -0.4 is 5.32 Å². The summed E-state index contributed by atoms with van der Waals surface area (Å²) in [5, 5.41) is 6.71. The van der Waals surface area contributed by atoms with Crippen LogP contribution in [-0.2, 0) is 6.54 Å². The predicted octanol–water partition coefficient (Wildman–Crippen LogP) is 4.10. The Morgan fingerprint density at radius 2 is 2.37 bits per heavy atom. The van der Waals surface area contributed by atoms with Gasteiger partial charge in [0.1, 0.15) is 16.5 Å². The van der Waals surface area contributed by atoms with Crippen molar-refractivity contribution < 1.29 is 4.42 Å². The minimum Gasteiger partial charge on any atom is -0.464 e. The quantitative estimate of drug-likeness (QED) is 0.863. The number of hydrogen-bond acceptors (Lipinski definition) is 4. The van der Waals surface area contributed by atoms with Crippen LogP contribution in [0.1, 0.15) is 55.2 Å². The van der Waals surface area contributed by atoms with Crippen LogP contribution in [0.2, 0.25) is 0 Å². The molecule has 102 valence electrons. The molecule has 0 spiro atoms. The summed E-state index contributed by atoms with van der Waals surface area (Å²) in [7, 11) is 0. The van der Waals surface area contributed by atoms with Crippen molar-refractivity contribution in [3.05, 3.63) is 40.2 Å². The van der Waals surface area contributed by atoms with E-state index in [2.05, 4.69) is 36.3 Å². The minimum atomic E-state index is 0.327. The standard InChI is InChI=1S/C15H20N2OS/c1-3-13(15-16-6-7-19-15)17-9-11-4-5-14(18-11)12-8-10(12)2/h4-7,10,12-13,17H,3,8-9H2,1-2H3. The molecule has 1 N–H and O–H groups in total. The molecule has 3 nitrogen and oxygen atoms in total. The molecule has 2 heterocycles. The third-order valence-electron chi connectivity index (χ3n) is 3.84. The molecule has 1 aliphatic rings. The fourth-order valence-electron chi connectivity index (χ4n) is 2.44. The van der Waals surface area contributed by atoms with E-state index in [0.717, 1.165) is 35.4 Å². The van der Waals surface area contributed by atoms with Crippen molar-refractivity contribution in [2.45, 2.75) is 45.2 Å². The first kappa shape index (κ1) is 12.9. The van der Waals surface area contributed by atoms with Crippen LogP contribution in [0.5, 0.6) is 0 Å².